The third-order valence-electron chi connectivity index (χ3n) is 5.67. The average Bonchev–Trinajstić information content (AvgIpc) is 3.33. The molecule has 0 saturated carbocycles. The first-order chi connectivity index (χ1) is 14.1. The van der Waals surface area contributed by atoms with Gasteiger partial charge in [0.05, 0.1) is 17.2 Å². The van der Waals surface area contributed by atoms with Crippen molar-refractivity contribution >= 4 is 41.3 Å². The Kier molecular flexibility index (Phi) is 7.81. The monoisotopic (exact) mass is 544 g/mol. The van der Waals surface area contributed by atoms with Gasteiger partial charge >= 0.3 is 0 Å². The standard InChI is InChI=1S/C21H28N4O3S.HI/c1-14-19(29-15(2)25-14)11-23-20(22-3)24-12-21(6-8-26-9-7-21)16-4-5-17-18(10-16)28-13-27-17;/h4-5,10H,6-9,11-13H2,1-3H3,(H2,22,23,24);1H. The van der Waals surface area contributed by atoms with Crippen molar-refractivity contribution in [3.63, 3.8) is 0 Å². The first-order valence-corrected chi connectivity index (χ1v) is 10.8. The van der Waals surface area contributed by atoms with Crippen molar-refractivity contribution in [2.75, 3.05) is 33.6 Å². The van der Waals surface area contributed by atoms with E-state index >= 15 is 0 Å². The number of hydrogen-bond donors (Lipinski definition) is 2. The van der Waals surface area contributed by atoms with Crippen molar-refractivity contribution in [3.05, 3.63) is 39.3 Å². The van der Waals surface area contributed by atoms with E-state index in [1.165, 1.54) is 10.4 Å². The Morgan fingerprint density at radius 3 is 2.63 bits per heavy atom. The Morgan fingerprint density at radius 2 is 1.93 bits per heavy atom. The van der Waals surface area contributed by atoms with E-state index in [9.17, 15) is 0 Å². The van der Waals surface area contributed by atoms with Crippen molar-refractivity contribution < 1.29 is 14.2 Å². The first-order valence-electron chi connectivity index (χ1n) is 9.95. The zero-order valence-corrected chi connectivity index (χ0v) is 20.8. The molecule has 0 radical (unpaired) electrons. The molecule has 0 unspecified atom stereocenters. The number of thiazole rings is 1. The van der Waals surface area contributed by atoms with Crippen LogP contribution in [0.4, 0.5) is 0 Å². The summed E-state index contributed by atoms with van der Waals surface area (Å²) in [4.78, 5) is 10.1. The quantitative estimate of drug-likeness (QED) is 0.341. The summed E-state index contributed by atoms with van der Waals surface area (Å²) < 4.78 is 16.7. The number of rotatable bonds is 5. The summed E-state index contributed by atoms with van der Waals surface area (Å²) in [5, 5.41) is 8.05. The van der Waals surface area contributed by atoms with Gasteiger partial charge < -0.3 is 24.8 Å². The van der Waals surface area contributed by atoms with Crippen LogP contribution in [0.25, 0.3) is 0 Å². The predicted octanol–water partition coefficient (Wildman–Crippen LogP) is 3.52. The van der Waals surface area contributed by atoms with Gasteiger partial charge in [-0.25, -0.2) is 4.98 Å². The fraction of sp³-hybridized carbons (Fsp3) is 0.524. The summed E-state index contributed by atoms with van der Waals surface area (Å²) >= 11 is 1.72. The van der Waals surface area contributed by atoms with Gasteiger partial charge in [-0.05, 0) is 44.4 Å². The highest BCUT2D eigenvalue weighted by molar-refractivity contribution is 14.0. The van der Waals surface area contributed by atoms with E-state index in [-0.39, 0.29) is 29.4 Å². The number of aromatic nitrogens is 1. The van der Waals surface area contributed by atoms with Gasteiger partial charge in [0.25, 0.3) is 0 Å². The maximum Gasteiger partial charge on any atom is 0.231 e. The minimum absolute atomic E-state index is 0. The van der Waals surface area contributed by atoms with Crippen LogP contribution >= 0.6 is 35.3 Å². The Morgan fingerprint density at radius 1 is 1.17 bits per heavy atom. The third kappa shape index (κ3) is 5.00. The van der Waals surface area contributed by atoms with Crippen molar-refractivity contribution in [2.24, 2.45) is 4.99 Å². The largest absolute Gasteiger partial charge is 0.454 e. The van der Waals surface area contributed by atoms with Gasteiger partial charge in [0.1, 0.15) is 0 Å². The molecular weight excluding hydrogens is 515 g/mol. The smallest absolute Gasteiger partial charge is 0.231 e. The molecule has 0 amide bonds. The summed E-state index contributed by atoms with van der Waals surface area (Å²) in [6.45, 7) is 7.37. The van der Waals surface area contributed by atoms with Gasteiger partial charge in [-0.3, -0.25) is 4.99 Å². The average molecular weight is 544 g/mol. The summed E-state index contributed by atoms with van der Waals surface area (Å²) in [5.74, 6) is 2.44. The van der Waals surface area contributed by atoms with Gasteiger partial charge in [-0.1, -0.05) is 6.07 Å². The first kappa shape index (κ1) is 23.1. The van der Waals surface area contributed by atoms with E-state index < -0.39 is 0 Å². The van der Waals surface area contributed by atoms with Crippen LogP contribution in [0.3, 0.4) is 0 Å². The molecule has 0 atom stereocenters. The molecule has 9 heteroatoms. The molecule has 1 aromatic carbocycles. The molecular formula is C21H29IN4O3S. The van der Waals surface area contributed by atoms with Crippen LogP contribution in [0.15, 0.2) is 23.2 Å². The molecule has 0 aliphatic carbocycles. The summed E-state index contributed by atoms with van der Waals surface area (Å²) in [7, 11) is 1.80. The Balaban J connectivity index is 0.00000256. The van der Waals surface area contributed by atoms with Crippen LogP contribution in [-0.2, 0) is 16.7 Å². The topological polar surface area (TPSA) is 77.0 Å². The van der Waals surface area contributed by atoms with E-state index in [0.717, 1.165) is 67.3 Å². The Bertz CT molecular complexity index is 896. The highest BCUT2D eigenvalue weighted by atomic mass is 127. The van der Waals surface area contributed by atoms with Crippen LogP contribution in [0, 0.1) is 13.8 Å². The van der Waals surface area contributed by atoms with Crippen molar-refractivity contribution in [3.8, 4) is 11.5 Å². The minimum atomic E-state index is -0.0339. The molecule has 1 aromatic heterocycles. The third-order valence-corrected chi connectivity index (χ3v) is 6.74. The number of nitrogens with one attached hydrogen (secondary N) is 2. The fourth-order valence-corrected chi connectivity index (χ4v) is 4.81. The fourth-order valence-electron chi connectivity index (χ4n) is 3.93. The number of ether oxygens (including phenoxy) is 3. The molecule has 0 spiro atoms. The number of guanidine groups is 1. The van der Waals surface area contributed by atoms with E-state index in [0.29, 0.717) is 6.79 Å². The molecule has 1 fully saturated rings. The number of nitrogens with zero attached hydrogens (tertiary/aromatic N) is 2. The Labute approximate surface area is 198 Å². The molecule has 2 aliphatic heterocycles. The molecule has 2 N–H and O–H groups in total. The number of hydrogen-bond acceptors (Lipinski definition) is 6. The zero-order valence-electron chi connectivity index (χ0n) is 17.6. The number of aliphatic imine (C=N–C) groups is 1. The summed E-state index contributed by atoms with van der Waals surface area (Å²) in [6.07, 6.45) is 1.90. The molecule has 2 aromatic rings. The Hall–Kier alpha value is -1.59. The van der Waals surface area contributed by atoms with Crippen LogP contribution in [0.1, 0.15) is 34.0 Å². The maximum absolute atomic E-state index is 5.66. The van der Waals surface area contributed by atoms with Gasteiger partial charge in [0.2, 0.25) is 6.79 Å². The normalized spacial score (nSPS) is 17.4. The summed E-state index contributed by atoms with van der Waals surface area (Å²) in [5.41, 5.74) is 2.30. The van der Waals surface area contributed by atoms with Gasteiger partial charge in [-0.15, -0.1) is 35.3 Å². The lowest BCUT2D eigenvalue weighted by molar-refractivity contribution is 0.0513. The molecule has 4 rings (SSSR count). The molecule has 0 bridgehead atoms. The number of benzene rings is 1. The molecule has 164 valence electrons. The molecule has 30 heavy (non-hydrogen) atoms. The number of fused-ring (bicyclic) bond motifs is 1. The lowest BCUT2D eigenvalue weighted by Crippen LogP contribution is -2.47. The SMILES string of the molecule is CN=C(NCc1sc(C)nc1C)NCC1(c2ccc3c(c2)OCO3)CCOCC1.I. The van der Waals surface area contributed by atoms with Gasteiger partial charge in [0.15, 0.2) is 17.5 Å². The number of halogens is 1. The molecule has 7 nitrogen and oxygen atoms in total. The van der Waals surface area contributed by atoms with Gasteiger partial charge in [0, 0.05) is 37.1 Å². The molecule has 2 aliphatic rings. The maximum atomic E-state index is 5.66. The van der Waals surface area contributed by atoms with Gasteiger partial charge in [-0.2, -0.15) is 0 Å². The van der Waals surface area contributed by atoms with Crippen molar-refractivity contribution in [2.45, 2.75) is 38.6 Å². The second-order valence-electron chi connectivity index (χ2n) is 7.48. The highest BCUT2D eigenvalue weighted by Gasteiger charge is 2.35. The van der Waals surface area contributed by atoms with Crippen LogP contribution in [0.5, 0.6) is 11.5 Å². The lowest BCUT2D eigenvalue weighted by atomic mass is 9.74. The van der Waals surface area contributed by atoms with E-state index in [2.05, 4.69) is 32.7 Å². The summed E-state index contributed by atoms with van der Waals surface area (Å²) in [6, 6.07) is 6.28. The number of aryl methyl sites for hydroxylation is 2. The van der Waals surface area contributed by atoms with E-state index in [1.807, 2.05) is 19.9 Å². The van der Waals surface area contributed by atoms with Crippen LogP contribution in [-0.4, -0.2) is 44.5 Å². The second-order valence-corrected chi connectivity index (χ2v) is 8.77. The van der Waals surface area contributed by atoms with Crippen molar-refractivity contribution in [1.82, 2.24) is 15.6 Å². The van der Waals surface area contributed by atoms with E-state index in [4.69, 9.17) is 14.2 Å². The van der Waals surface area contributed by atoms with Crippen molar-refractivity contribution in [1.29, 1.82) is 0 Å². The van der Waals surface area contributed by atoms with E-state index in [1.54, 1.807) is 18.4 Å². The van der Waals surface area contributed by atoms with Crippen LogP contribution < -0.4 is 20.1 Å². The zero-order chi connectivity index (χ0) is 20.3. The minimum Gasteiger partial charge on any atom is -0.454 e. The highest BCUT2D eigenvalue weighted by Crippen LogP contribution is 2.40. The molecule has 1 saturated heterocycles. The lowest BCUT2D eigenvalue weighted by Gasteiger charge is -2.38. The predicted molar refractivity (Wildman–Crippen MR) is 130 cm³/mol. The second kappa shape index (κ2) is 10.1. The van der Waals surface area contributed by atoms with Crippen LogP contribution in [0.2, 0.25) is 0 Å². The molecule has 3 heterocycles.